The number of thiol groups is 2. The summed E-state index contributed by atoms with van der Waals surface area (Å²) in [6.07, 6.45) is 0.569. The van der Waals surface area contributed by atoms with E-state index in [1.54, 1.807) is 58.0 Å². The first-order valence-corrected chi connectivity index (χ1v) is 42.9. The number of rotatable bonds is 60. The van der Waals surface area contributed by atoms with Crippen molar-refractivity contribution >= 4 is 150 Å². The first kappa shape index (κ1) is 111. The molecule has 714 valence electrons. The molecule has 0 aliphatic carbocycles. The molecule has 0 saturated heterocycles. The fourth-order valence-electron chi connectivity index (χ4n) is 12.3. The third-order valence-corrected chi connectivity index (χ3v) is 19.7. The third-order valence-electron chi connectivity index (χ3n) is 19.0. The number of nitrogens with zero attached hydrogens (tertiary/aromatic N) is 1. The average molecular weight is 1840 g/mol. The number of amides is 17. The summed E-state index contributed by atoms with van der Waals surface area (Å²) in [7, 11) is 0. The Labute approximate surface area is 752 Å². The van der Waals surface area contributed by atoms with Gasteiger partial charge in [-0.25, -0.2) is 9.78 Å². The number of carbonyl (C=O) groups is 18. The highest BCUT2D eigenvalue weighted by molar-refractivity contribution is 7.80. The lowest BCUT2D eigenvalue weighted by atomic mass is 10.0. The van der Waals surface area contributed by atoms with Gasteiger partial charge in [0.25, 0.3) is 0 Å². The van der Waals surface area contributed by atoms with Gasteiger partial charge < -0.3 is 140 Å². The van der Waals surface area contributed by atoms with E-state index >= 15 is 0 Å². The number of benzene rings is 1. The summed E-state index contributed by atoms with van der Waals surface area (Å²) in [5.74, 6) is -21.4. The smallest absolute Gasteiger partial charge is 0.326 e. The van der Waals surface area contributed by atoms with Gasteiger partial charge in [-0.2, -0.15) is 25.3 Å². The van der Waals surface area contributed by atoms with Crippen molar-refractivity contribution in [1.29, 1.82) is 16.2 Å². The van der Waals surface area contributed by atoms with Gasteiger partial charge >= 0.3 is 5.97 Å². The maximum atomic E-state index is 14.4. The van der Waals surface area contributed by atoms with E-state index in [0.717, 1.165) is 0 Å². The quantitative estimate of drug-likeness (QED) is 0.0127. The highest BCUT2D eigenvalue weighted by Crippen LogP contribution is 2.15. The van der Waals surface area contributed by atoms with Gasteiger partial charge in [0, 0.05) is 55.9 Å². The molecule has 35 N–H and O–H groups in total. The SMILES string of the molecule is CC(C)C[C@H](NC(=O)[C@H](CS)NC(=O)[C@H](CC(C)C)NC(=O)[C@H](CCCNC(=N)N)NC(=O)[C@H](C)NC(=O)[C@H](Cc1cnc[nH]1)NC(=O)[C@@H](N)CC(C)C)C(=O)N[C@@H](C)C(=O)N[C@@H](CC(N)=O)C(=O)N[C@@H](Cc1ccccc1)C(=O)N[C@@H](CS)C(=O)NCC(=O)N[C@@H](CCCNC(=N)N)C(=O)N[C@@H](CC(N)=O)C(=O)N[C@@H](CCCNC(=N)N)C(=O)N[C@H](C(=O)O)C(C)C. The Bertz CT molecular complexity index is 4110. The maximum absolute atomic E-state index is 14.4. The van der Waals surface area contributed by atoms with Gasteiger partial charge in [-0.15, -0.1) is 0 Å². The van der Waals surface area contributed by atoms with Crippen LogP contribution in [-0.4, -0.2) is 268 Å². The zero-order valence-corrected chi connectivity index (χ0v) is 75.3. The van der Waals surface area contributed by atoms with Crippen molar-refractivity contribution in [2.75, 3.05) is 37.7 Å². The number of hydrogen-bond donors (Lipinski definition) is 31. The number of guanidine groups is 3. The predicted molar refractivity (Wildman–Crippen MR) is 475 cm³/mol. The molecule has 0 spiro atoms. The number of aromatic amines is 1. The first-order valence-electron chi connectivity index (χ1n) is 41.6. The Balaban J connectivity index is 2.38. The Morgan fingerprint density at radius 2 is 0.727 bits per heavy atom. The molecule has 0 radical (unpaired) electrons. The molecule has 0 aliphatic heterocycles. The maximum Gasteiger partial charge on any atom is 0.326 e. The zero-order chi connectivity index (χ0) is 96.8. The highest BCUT2D eigenvalue weighted by atomic mass is 32.1. The summed E-state index contributed by atoms with van der Waals surface area (Å²) < 4.78 is 0. The van der Waals surface area contributed by atoms with Gasteiger partial charge in [0.15, 0.2) is 17.9 Å². The Kier molecular flexibility index (Phi) is 50.4. The molecule has 50 heteroatoms. The second-order valence-corrected chi connectivity index (χ2v) is 32.8. The molecule has 0 saturated carbocycles. The van der Waals surface area contributed by atoms with Gasteiger partial charge in [0.1, 0.15) is 84.6 Å². The van der Waals surface area contributed by atoms with Gasteiger partial charge in [-0.3, -0.25) is 97.7 Å². The predicted octanol–water partition coefficient (Wildman–Crippen LogP) is -8.26. The van der Waals surface area contributed by atoms with E-state index < -0.39 is 240 Å². The molecule has 1 aromatic heterocycles. The molecule has 0 fully saturated rings. The number of carboxylic acids is 1. The molecule has 1 aromatic carbocycles. The fraction of sp³-hybridized carbons (Fsp3) is 0.615. The van der Waals surface area contributed by atoms with Gasteiger partial charge in [-0.05, 0) is 101 Å². The molecular formula is C78H131N29O19S2. The van der Waals surface area contributed by atoms with Crippen LogP contribution in [0.15, 0.2) is 42.9 Å². The van der Waals surface area contributed by atoms with E-state index in [-0.39, 0.29) is 113 Å². The number of hydrogen-bond acceptors (Lipinski definition) is 25. The summed E-state index contributed by atoms with van der Waals surface area (Å²) in [5, 5.41) is 77.1. The largest absolute Gasteiger partial charge is 0.480 e. The normalized spacial score (nSPS) is 14.6. The van der Waals surface area contributed by atoms with E-state index in [9.17, 15) is 91.4 Å². The standard InChI is InChI=1S/C78H131N29O19S2/c1-37(2)25-45(79)63(113)100-52(29-44-32-88-36-93-44)69(119)95-41(9)61(111)97-47(20-15-23-90-77(84)85)66(116)101-50(27-39(5)6)70(120)106-56(35-128)74(124)102-49(26-38(3)4)68(118)94-42(10)62(112)99-53(30-57(80)108)73(123)103-51(28-43-17-12-11-13-18-43)71(121)105-55(34-127)64(114)92-33-59(110)96-46(19-14-22-89-76(82)83)65(115)104-54(31-58(81)109)72(122)98-48(21-16-24-91-78(86)87)67(117)107-60(40(7)8)75(125)126/h11-13,17-18,32,36-42,45-56,60,127-128H,14-16,19-31,33-35,79H2,1-10H3,(H2,80,108)(H2,81,109)(H,88,93)(H,92,114)(H,94,118)(H,95,119)(H,96,110)(H,97,111)(H,98,122)(H,99,112)(H,100,113)(H,101,116)(H,102,124)(H,103,123)(H,104,115)(H,105,121)(H,106,120)(H,107,117)(H,125,126)(H4,82,83,89)(H4,84,85,90)(H4,86,87,91)/t41-,42-,45-,46-,47-,48-,49-,50-,51-,52-,53-,54-,55-,56-,60-/m0/s1. The molecular weight excluding hydrogens is 1710 g/mol. The van der Waals surface area contributed by atoms with Crippen molar-refractivity contribution in [3.8, 4) is 0 Å². The van der Waals surface area contributed by atoms with Crippen LogP contribution >= 0.6 is 25.3 Å². The van der Waals surface area contributed by atoms with E-state index in [4.69, 9.17) is 50.6 Å². The van der Waals surface area contributed by atoms with Crippen LogP contribution in [0.2, 0.25) is 0 Å². The number of carbonyl (C=O) groups excluding carboxylic acids is 17. The molecule has 1 heterocycles. The third kappa shape index (κ3) is 44.0. The second kappa shape index (κ2) is 57.9. The van der Waals surface area contributed by atoms with Gasteiger partial charge in [0.2, 0.25) is 100 Å². The van der Waals surface area contributed by atoms with Crippen LogP contribution in [0.5, 0.6) is 0 Å². The Morgan fingerprint density at radius 3 is 1.13 bits per heavy atom. The molecule has 17 amide bonds. The summed E-state index contributed by atoms with van der Waals surface area (Å²) in [6, 6.07) is -14.2. The molecule has 2 aromatic rings. The molecule has 15 atom stereocenters. The van der Waals surface area contributed by atoms with Crippen LogP contribution in [0.25, 0.3) is 0 Å². The number of aromatic nitrogens is 2. The Morgan fingerprint density at radius 1 is 0.391 bits per heavy atom. The minimum absolute atomic E-state index is 0.00632. The van der Waals surface area contributed by atoms with Crippen LogP contribution in [0.4, 0.5) is 0 Å². The summed E-state index contributed by atoms with van der Waals surface area (Å²) in [5.41, 5.74) is 34.4. The van der Waals surface area contributed by atoms with Crippen molar-refractivity contribution < 1.29 is 91.4 Å². The number of nitrogens with one attached hydrogen (secondary N) is 22. The molecule has 48 nitrogen and oxygen atoms in total. The monoisotopic (exact) mass is 1840 g/mol. The number of imidazole rings is 1. The Hall–Kier alpha value is -12.6. The lowest BCUT2D eigenvalue weighted by Gasteiger charge is -2.28. The van der Waals surface area contributed by atoms with Crippen molar-refractivity contribution in [1.82, 2.24) is 106 Å². The summed E-state index contributed by atoms with van der Waals surface area (Å²) in [4.78, 5) is 254. The van der Waals surface area contributed by atoms with Crippen LogP contribution in [0.1, 0.15) is 151 Å². The second-order valence-electron chi connectivity index (χ2n) is 32.1. The first-order chi connectivity index (χ1) is 60.0. The number of carboxylic acid groups (broad SMARTS) is 1. The van der Waals surface area contributed by atoms with E-state index in [1.807, 2.05) is 13.8 Å². The zero-order valence-electron chi connectivity index (χ0n) is 73.5. The van der Waals surface area contributed by atoms with E-state index in [2.05, 4.69) is 131 Å². The molecule has 2 rings (SSSR count). The van der Waals surface area contributed by atoms with Gasteiger partial charge in [0.05, 0.1) is 31.8 Å². The average Bonchev–Trinajstić information content (AvgIpc) is 1.41. The summed E-state index contributed by atoms with van der Waals surface area (Å²) in [6.45, 7) is 15.4. The van der Waals surface area contributed by atoms with Crippen molar-refractivity contribution in [2.24, 2.45) is 58.1 Å². The fourth-order valence-corrected chi connectivity index (χ4v) is 12.9. The van der Waals surface area contributed by atoms with Crippen LogP contribution in [-0.2, 0) is 99.1 Å². The topological polar surface area (TPSA) is 800 Å². The van der Waals surface area contributed by atoms with E-state index in [0.29, 0.717) is 17.7 Å². The van der Waals surface area contributed by atoms with E-state index in [1.165, 1.54) is 40.2 Å². The lowest BCUT2D eigenvalue weighted by Crippen LogP contribution is -2.61. The highest BCUT2D eigenvalue weighted by Gasteiger charge is 2.39. The van der Waals surface area contributed by atoms with Crippen LogP contribution in [0, 0.1) is 39.9 Å². The molecule has 0 bridgehead atoms. The van der Waals surface area contributed by atoms with Crippen molar-refractivity contribution in [3.05, 3.63) is 54.1 Å². The van der Waals surface area contributed by atoms with Gasteiger partial charge in [-0.1, -0.05) is 85.7 Å². The van der Waals surface area contributed by atoms with Crippen LogP contribution < -0.4 is 130 Å². The molecule has 128 heavy (non-hydrogen) atoms. The minimum Gasteiger partial charge on any atom is -0.480 e. The number of nitrogens with two attached hydrogens (primary N) is 6. The number of primary amides is 2. The van der Waals surface area contributed by atoms with Crippen molar-refractivity contribution in [2.45, 2.75) is 243 Å². The lowest BCUT2D eigenvalue weighted by molar-refractivity contribution is -0.143. The molecule has 0 aliphatic rings. The van der Waals surface area contributed by atoms with Crippen molar-refractivity contribution in [3.63, 3.8) is 0 Å². The minimum atomic E-state index is -1.86. The number of H-pyrrole nitrogens is 1. The summed E-state index contributed by atoms with van der Waals surface area (Å²) >= 11 is 8.56. The molecule has 0 unspecified atom stereocenters. The number of aliphatic carboxylic acids is 1. The van der Waals surface area contributed by atoms with Crippen LogP contribution in [0.3, 0.4) is 0 Å².